The van der Waals surface area contributed by atoms with Crippen LogP contribution in [0, 0.1) is 17.7 Å². The van der Waals surface area contributed by atoms with Crippen molar-refractivity contribution in [1.82, 2.24) is 4.98 Å². The molecule has 0 aliphatic carbocycles. The van der Waals surface area contributed by atoms with E-state index in [2.05, 4.69) is 16.8 Å². The molecule has 0 saturated carbocycles. The minimum atomic E-state index is -0.346. The molecule has 0 amide bonds. The average molecular weight is 163 g/mol. The monoisotopic (exact) mass is 163 g/mol. The highest BCUT2D eigenvalue weighted by Crippen LogP contribution is 1.99. The van der Waals surface area contributed by atoms with E-state index in [0.29, 0.717) is 0 Å². The molecule has 0 bridgehead atoms. The highest BCUT2D eigenvalue weighted by atomic mass is 19.1. The first-order valence-corrected chi connectivity index (χ1v) is 3.94. The third-order valence-electron chi connectivity index (χ3n) is 1.34. The quantitative estimate of drug-likeness (QED) is 0.579. The van der Waals surface area contributed by atoms with Crippen molar-refractivity contribution >= 4 is 0 Å². The van der Waals surface area contributed by atoms with Gasteiger partial charge in [-0.1, -0.05) is 12.8 Å². The molecule has 1 aromatic heterocycles. The molecule has 1 aromatic rings. The molecule has 1 rings (SSSR count). The molecule has 0 atom stereocenters. The van der Waals surface area contributed by atoms with Gasteiger partial charge >= 0.3 is 0 Å². The maximum absolute atomic E-state index is 12.9. The van der Waals surface area contributed by atoms with Crippen LogP contribution in [0.5, 0.6) is 0 Å². The Bertz CT molecular complexity index is 309. The molecular weight excluding hydrogens is 153 g/mol. The summed E-state index contributed by atoms with van der Waals surface area (Å²) in [5.41, 5.74) is 0.242. The maximum atomic E-state index is 12.9. The number of hydrogen-bond acceptors (Lipinski definition) is 1. The second kappa shape index (κ2) is 4.50. The molecule has 1 nitrogen and oxygen atoms in total. The van der Waals surface area contributed by atoms with E-state index in [1.807, 2.05) is 6.92 Å². The molecule has 0 fully saturated rings. The van der Waals surface area contributed by atoms with E-state index in [1.54, 1.807) is 12.3 Å². The molecule has 0 aliphatic heterocycles. The Morgan fingerprint density at radius 1 is 1.58 bits per heavy atom. The van der Waals surface area contributed by atoms with Gasteiger partial charge in [-0.25, -0.2) is 9.37 Å². The Morgan fingerprint density at radius 2 is 2.42 bits per heavy atom. The van der Waals surface area contributed by atoms with Crippen molar-refractivity contribution < 1.29 is 4.39 Å². The second-order valence-electron chi connectivity index (χ2n) is 2.39. The van der Waals surface area contributed by atoms with E-state index >= 15 is 0 Å². The summed E-state index contributed by atoms with van der Waals surface area (Å²) in [6.07, 6.45) is 3.32. The van der Waals surface area contributed by atoms with Gasteiger partial charge in [0.05, 0.1) is 0 Å². The van der Waals surface area contributed by atoms with Crippen LogP contribution in [0.4, 0.5) is 4.39 Å². The van der Waals surface area contributed by atoms with Gasteiger partial charge in [0, 0.05) is 12.6 Å². The summed E-state index contributed by atoms with van der Waals surface area (Å²) in [4.78, 5) is 3.80. The van der Waals surface area contributed by atoms with Gasteiger partial charge < -0.3 is 0 Å². The summed E-state index contributed by atoms with van der Waals surface area (Å²) in [6.45, 7) is 2.03. The summed E-state index contributed by atoms with van der Waals surface area (Å²) in [6, 6.07) is 2.92. The van der Waals surface area contributed by atoms with Gasteiger partial charge in [-0.3, -0.25) is 0 Å². The number of rotatable bonds is 1. The molecule has 0 saturated heterocycles. The van der Waals surface area contributed by atoms with Crippen molar-refractivity contribution in [3.05, 3.63) is 29.8 Å². The summed E-state index contributed by atoms with van der Waals surface area (Å²) in [5.74, 6) is 5.17. The summed E-state index contributed by atoms with van der Waals surface area (Å²) in [5, 5.41) is 0. The lowest BCUT2D eigenvalue weighted by Crippen LogP contribution is -1.86. The van der Waals surface area contributed by atoms with Crippen molar-refractivity contribution in [2.75, 3.05) is 0 Å². The third kappa shape index (κ3) is 2.35. The zero-order valence-corrected chi connectivity index (χ0v) is 6.97. The number of pyridine rings is 1. The first-order valence-electron chi connectivity index (χ1n) is 3.94. The van der Waals surface area contributed by atoms with Crippen LogP contribution in [0.25, 0.3) is 0 Å². The first-order chi connectivity index (χ1) is 5.84. The Morgan fingerprint density at radius 3 is 3.08 bits per heavy atom. The molecule has 0 spiro atoms. The predicted octanol–water partition coefficient (Wildman–Crippen LogP) is 2.37. The van der Waals surface area contributed by atoms with Crippen molar-refractivity contribution in [3.63, 3.8) is 0 Å². The van der Waals surface area contributed by atoms with Gasteiger partial charge in [-0.2, -0.15) is 0 Å². The van der Waals surface area contributed by atoms with Crippen LogP contribution in [0.1, 0.15) is 25.5 Å². The summed E-state index contributed by atoms with van der Waals surface area (Å²) in [7, 11) is 0. The van der Waals surface area contributed by atoms with Gasteiger partial charge in [0.15, 0.2) is 5.82 Å². The average Bonchev–Trinajstić information content (AvgIpc) is 2.09. The molecule has 1 heterocycles. The standard InChI is InChI=1S/C10H10FN/c1-2-3-4-7-10-9(11)6-5-8-12-10/h5-6,8H,2-3H2,1H3. The van der Waals surface area contributed by atoms with Crippen molar-refractivity contribution in [3.8, 4) is 11.8 Å². The molecule has 62 valence electrons. The van der Waals surface area contributed by atoms with Crippen molar-refractivity contribution in [1.29, 1.82) is 0 Å². The zero-order chi connectivity index (χ0) is 8.81. The minimum Gasteiger partial charge on any atom is -0.245 e. The van der Waals surface area contributed by atoms with E-state index in [9.17, 15) is 4.39 Å². The van der Waals surface area contributed by atoms with E-state index in [1.165, 1.54) is 6.07 Å². The van der Waals surface area contributed by atoms with Gasteiger partial charge in [-0.15, -0.1) is 0 Å². The number of nitrogens with zero attached hydrogens (tertiary/aromatic N) is 1. The fourth-order valence-corrected chi connectivity index (χ4v) is 0.749. The molecule has 12 heavy (non-hydrogen) atoms. The first kappa shape index (κ1) is 8.73. The van der Waals surface area contributed by atoms with Crippen molar-refractivity contribution in [2.45, 2.75) is 19.8 Å². The van der Waals surface area contributed by atoms with Gasteiger partial charge in [-0.05, 0) is 24.5 Å². The molecule has 0 aliphatic rings. The topological polar surface area (TPSA) is 12.9 Å². The lowest BCUT2D eigenvalue weighted by Gasteiger charge is -1.89. The second-order valence-corrected chi connectivity index (χ2v) is 2.39. The van der Waals surface area contributed by atoms with Crippen molar-refractivity contribution in [2.24, 2.45) is 0 Å². The molecule has 2 heteroatoms. The molecule has 0 radical (unpaired) electrons. The molecule has 0 N–H and O–H groups in total. The molecule has 0 unspecified atom stereocenters. The fourth-order valence-electron chi connectivity index (χ4n) is 0.749. The lowest BCUT2D eigenvalue weighted by atomic mass is 10.3. The van der Waals surface area contributed by atoms with Crippen LogP contribution < -0.4 is 0 Å². The molecular formula is C10H10FN. The van der Waals surface area contributed by atoms with Crippen LogP contribution in [0.3, 0.4) is 0 Å². The van der Waals surface area contributed by atoms with E-state index in [4.69, 9.17) is 0 Å². The Balaban J connectivity index is 2.77. The number of hydrogen-bond donors (Lipinski definition) is 0. The Kier molecular flexibility index (Phi) is 3.28. The highest BCUT2D eigenvalue weighted by Gasteiger charge is 1.95. The molecule has 0 aromatic carbocycles. The number of aromatic nitrogens is 1. The fraction of sp³-hybridized carbons (Fsp3) is 0.300. The Hall–Kier alpha value is -1.36. The van der Waals surface area contributed by atoms with Crippen LogP contribution >= 0.6 is 0 Å². The van der Waals surface area contributed by atoms with Gasteiger partial charge in [0.2, 0.25) is 0 Å². The SMILES string of the molecule is CCCC#Cc1ncccc1F. The van der Waals surface area contributed by atoms with E-state index < -0.39 is 0 Å². The zero-order valence-electron chi connectivity index (χ0n) is 6.97. The smallest absolute Gasteiger partial charge is 0.157 e. The van der Waals surface area contributed by atoms with Crippen LogP contribution in [0.2, 0.25) is 0 Å². The van der Waals surface area contributed by atoms with Crippen LogP contribution in [-0.4, -0.2) is 4.98 Å². The predicted molar refractivity (Wildman–Crippen MR) is 46.0 cm³/mol. The summed E-state index contributed by atoms with van der Waals surface area (Å²) >= 11 is 0. The van der Waals surface area contributed by atoms with E-state index in [-0.39, 0.29) is 11.5 Å². The van der Waals surface area contributed by atoms with Crippen LogP contribution in [-0.2, 0) is 0 Å². The largest absolute Gasteiger partial charge is 0.245 e. The van der Waals surface area contributed by atoms with E-state index in [0.717, 1.165) is 12.8 Å². The number of halogens is 1. The third-order valence-corrected chi connectivity index (χ3v) is 1.34. The minimum absolute atomic E-state index is 0.242. The van der Waals surface area contributed by atoms with Gasteiger partial charge in [0.25, 0.3) is 0 Å². The Labute approximate surface area is 71.6 Å². The normalized spacial score (nSPS) is 8.83. The maximum Gasteiger partial charge on any atom is 0.157 e. The lowest BCUT2D eigenvalue weighted by molar-refractivity contribution is 0.617. The highest BCUT2D eigenvalue weighted by molar-refractivity contribution is 5.28. The van der Waals surface area contributed by atoms with Crippen LogP contribution in [0.15, 0.2) is 18.3 Å². The number of unbranched alkanes of at least 4 members (excludes halogenated alkanes) is 1. The van der Waals surface area contributed by atoms with Gasteiger partial charge in [0.1, 0.15) is 5.69 Å². The summed E-state index contributed by atoms with van der Waals surface area (Å²) < 4.78 is 12.9.